The highest BCUT2D eigenvalue weighted by atomic mass is 16.5. The van der Waals surface area contributed by atoms with E-state index in [4.69, 9.17) is 4.74 Å². The third-order valence-electron chi connectivity index (χ3n) is 3.99. The molecule has 0 saturated carbocycles. The zero-order chi connectivity index (χ0) is 15.7. The number of rotatable bonds is 8. The molecule has 0 bridgehead atoms. The fraction of sp³-hybridized carbons (Fsp3) is 0.867. The second kappa shape index (κ2) is 8.87. The second-order valence-electron chi connectivity index (χ2n) is 5.64. The molecular weight excluding hydrogens is 272 g/mol. The zero-order valence-electron chi connectivity index (χ0n) is 13.2. The summed E-state index contributed by atoms with van der Waals surface area (Å²) in [5.74, 6) is -0.779. The van der Waals surface area contributed by atoms with Crippen LogP contribution in [-0.2, 0) is 9.53 Å². The summed E-state index contributed by atoms with van der Waals surface area (Å²) in [6.07, 6.45) is 3.61. The first-order valence-corrected chi connectivity index (χ1v) is 7.89. The molecule has 1 saturated heterocycles. The molecule has 1 fully saturated rings. The van der Waals surface area contributed by atoms with E-state index in [1.807, 2.05) is 13.8 Å². The molecular formula is C15H28N2O4. The highest BCUT2D eigenvalue weighted by Crippen LogP contribution is 2.35. The Kier molecular flexibility index (Phi) is 7.50. The average Bonchev–Trinajstić information content (AvgIpc) is 2.47. The van der Waals surface area contributed by atoms with Crippen LogP contribution >= 0.6 is 0 Å². The van der Waals surface area contributed by atoms with Gasteiger partial charge in [0.05, 0.1) is 5.41 Å². The number of nitrogens with one attached hydrogen (secondary N) is 1. The number of carboxylic acid groups (broad SMARTS) is 1. The Morgan fingerprint density at radius 2 is 2.14 bits per heavy atom. The van der Waals surface area contributed by atoms with Crippen LogP contribution in [0.15, 0.2) is 0 Å². The Bertz CT molecular complexity index is 345. The molecule has 6 heteroatoms. The lowest BCUT2D eigenvalue weighted by Gasteiger charge is -2.39. The van der Waals surface area contributed by atoms with Gasteiger partial charge in [-0.1, -0.05) is 13.3 Å². The van der Waals surface area contributed by atoms with Gasteiger partial charge in [-0.2, -0.15) is 0 Å². The topological polar surface area (TPSA) is 78.9 Å². The molecule has 0 spiro atoms. The summed E-state index contributed by atoms with van der Waals surface area (Å²) in [7, 11) is 0. The van der Waals surface area contributed by atoms with Gasteiger partial charge in [-0.25, -0.2) is 4.79 Å². The third kappa shape index (κ3) is 5.19. The van der Waals surface area contributed by atoms with Crippen LogP contribution in [0, 0.1) is 5.41 Å². The summed E-state index contributed by atoms with van der Waals surface area (Å²) >= 11 is 0. The van der Waals surface area contributed by atoms with Crippen molar-refractivity contribution in [1.82, 2.24) is 10.2 Å². The molecule has 1 aliphatic rings. The van der Waals surface area contributed by atoms with Gasteiger partial charge in [0, 0.05) is 32.8 Å². The molecule has 1 atom stereocenters. The van der Waals surface area contributed by atoms with Crippen molar-refractivity contribution in [3.05, 3.63) is 0 Å². The smallest absolute Gasteiger partial charge is 0.317 e. The molecule has 1 aliphatic heterocycles. The number of carbonyl (C=O) groups excluding carboxylic acids is 1. The van der Waals surface area contributed by atoms with E-state index in [9.17, 15) is 14.7 Å². The van der Waals surface area contributed by atoms with Gasteiger partial charge in [-0.3, -0.25) is 4.79 Å². The van der Waals surface area contributed by atoms with Gasteiger partial charge in [0.25, 0.3) is 0 Å². The average molecular weight is 300 g/mol. The summed E-state index contributed by atoms with van der Waals surface area (Å²) in [5, 5.41) is 12.4. The van der Waals surface area contributed by atoms with E-state index in [1.165, 1.54) is 0 Å². The van der Waals surface area contributed by atoms with Crippen molar-refractivity contribution in [3.8, 4) is 0 Å². The van der Waals surface area contributed by atoms with Crippen molar-refractivity contribution < 1.29 is 19.4 Å². The molecule has 6 nitrogen and oxygen atoms in total. The second-order valence-corrected chi connectivity index (χ2v) is 5.64. The minimum atomic E-state index is -0.779. The molecule has 122 valence electrons. The third-order valence-corrected chi connectivity index (χ3v) is 3.99. The summed E-state index contributed by atoms with van der Waals surface area (Å²) in [6, 6.07) is -0.159. The molecule has 0 aromatic heterocycles. The largest absolute Gasteiger partial charge is 0.481 e. The van der Waals surface area contributed by atoms with E-state index in [1.54, 1.807) is 4.90 Å². The highest BCUT2D eigenvalue weighted by molar-refractivity contribution is 5.78. The van der Waals surface area contributed by atoms with Crippen LogP contribution in [0.1, 0.15) is 46.0 Å². The standard InChI is InChI=1S/C15H28N2O4/c1-3-7-15(13(18)19)8-5-10-17(12-15)14(20)16-9-6-11-21-4-2/h3-12H2,1-2H3,(H,16,20)(H,18,19). The molecule has 1 heterocycles. The van der Waals surface area contributed by atoms with Crippen LogP contribution < -0.4 is 5.32 Å². The number of likely N-dealkylation sites (tertiary alicyclic amines) is 1. The lowest BCUT2D eigenvalue weighted by atomic mass is 9.76. The maximum atomic E-state index is 12.1. The number of carbonyl (C=O) groups is 2. The predicted molar refractivity (Wildman–Crippen MR) is 80.3 cm³/mol. The molecule has 0 aromatic rings. The number of aliphatic carboxylic acids is 1. The number of hydrogen-bond donors (Lipinski definition) is 2. The van der Waals surface area contributed by atoms with Crippen LogP contribution in [0.5, 0.6) is 0 Å². The van der Waals surface area contributed by atoms with Crippen LogP contribution in [0.2, 0.25) is 0 Å². The summed E-state index contributed by atoms with van der Waals surface area (Å²) in [5.41, 5.74) is -0.768. The number of hydrogen-bond acceptors (Lipinski definition) is 3. The van der Waals surface area contributed by atoms with Gasteiger partial charge in [0.2, 0.25) is 0 Å². The van der Waals surface area contributed by atoms with E-state index < -0.39 is 11.4 Å². The van der Waals surface area contributed by atoms with Crippen molar-refractivity contribution in [1.29, 1.82) is 0 Å². The van der Waals surface area contributed by atoms with Crippen molar-refractivity contribution in [3.63, 3.8) is 0 Å². The SMILES string of the molecule is CCCC1(C(=O)O)CCCN(C(=O)NCCCOCC)C1. The van der Waals surface area contributed by atoms with Gasteiger partial charge in [0.1, 0.15) is 0 Å². The predicted octanol–water partition coefficient (Wildman–Crippen LogP) is 2.09. The Morgan fingerprint density at radius 1 is 1.38 bits per heavy atom. The van der Waals surface area contributed by atoms with Gasteiger partial charge < -0.3 is 20.1 Å². The quantitative estimate of drug-likeness (QED) is 0.673. The Labute approximate surface area is 126 Å². The van der Waals surface area contributed by atoms with E-state index in [2.05, 4.69) is 5.32 Å². The van der Waals surface area contributed by atoms with Gasteiger partial charge in [0.15, 0.2) is 0 Å². The lowest BCUT2D eigenvalue weighted by molar-refractivity contribution is -0.152. The first-order valence-electron chi connectivity index (χ1n) is 7.89. The first-order chi connectivity index (χ1) is 10.1. The van der Waals surface area contributed by atoms with Crippen LogP contribution in [0.3, 0.4) is 0 Å². The Morgan fingerprint density at radius 3 is 2.76 bits per heavy atom. The number of urea groups is 1. The molecule has 2 amide bonds. The van der Waals surface area contributed by atoms with Crippen LogP contribution in [0.4, 0.5) is 4.79 Å². The number of amides is 2. The Balaban J connectivity index is 2.47. The molecule has 2 N–H and O–H groups in total. The van der Waals surface area contributed by atoms with E-state index >= 15 is 0 Å². The maximum Gasteiger partial charge on any atom is 0.317 e. The molecule has 21 heavy (non-hydrogen) atoms. The van der Waals surface area contributed by atoms with E-state index in [0.717, 1.165) is 19.3 Å². The summed E-state index contributed by atoms with van der Waals surface area (Å²) in [4.78, 5) is 25.4. The van der Waals surface area contributed by atoms with Crippen LogP contribution in [0.25, 0.3) is 0 Å². The fourth-order valence-electron chi connectivity index (χ4n) is 2.89. The summed E-state index contributed by atoms with van der Waals surface area (Å²) in [6.45, 7) is 6.74. The minimum Gasteiger partial charge on any atom is -0.481 e. The number of nitrogens with zero attached hydrogens (tertiary/aromatic N) is 1. The fourth-order valence-corrected chi connectivity index (χ4v) is 2.89. The molecule has 1 rings (SSSR count). The maximum absolute atomic E-state index is 12.1. The first kappa shape index (κ1) is 17.8. The van der Waals surface area contributed by atoms with Gasteiger partial charge in [-0.15, -0.1) is 0 Å². The van der Waals surface area contributed by atoms with Crippen molar-refractivity contribution in [2.45, 2.75) is 46.0 Å². The van der Waals surface area contributed by atoms with Gasteiger partial charge in [-0.05, 0) is 32.6 Å². The molecule has 1 unspecified atom stereocenters. The number of piperidine rings is 1. The normalized spacial score (nSPS) is 22.1. The van der Waals surface area contributed by atoms with Crippen LogP contribution in [-0.4, -0.2) is 54.9 Å². The zero-order valence-corrected chi connectivity index (χ0v) is 13.2. The van der Waals surface area contributed by atoms with Crippen molar-refractivity contribution in [2.75, 3.05) is 32.8 Å². The monoisotopic (exact) mass is 300 g/mol. The molecule has 0 aromatic carbocycles. The number of carboxylic acids is 1. The van der Waals surface area contributed by atoms with Gasteiger partial charge >= 0.3 is 12.0 Å². The molecule has 0 aliphatic carbocycles. The highest BCUT2D eigenvalue weighted by Gasteiger charge is 2.42. The Hall–Kier alpha value is -1.30. The molecule has 0 radical (unpaired) electrons. The minimum absolute atomic E-state index is 0.159. The summed E-state index contributed by atoms with van der Waals surface area (Å²) < 4.78 is 5.21. The lowest BCUT2D eigenvalue weighted by Crippen LogP contribution is -2.52. The van der Waals surface area contributed by atoms with Crippen molar-refractivity contribution >= 4 is 12.0 Å². The van der Waals surface area contributed by atoms with E-state index in [-0.39, 0.29) is 6.03 Å². The number of ether oxygens (including phenoxy) is 1. The van der Waals surface area contributed by atoms with Crippen molar-refractivity contribution in [2.24, 2.45) is 5.41 Å². The van der Waals surface area contributed by atoms with E-state index in [0.29, 0.717) is 45.7 Å².